The van der Waals surface area contributed by atoms with E-state index in [1.807, 2.05) is 43.3 Å². The van der Waals surface area contributed by atoms with Crippen molar-refractivity contribution in [3.63, 3.8) is 0 Å². The molecule has 0 radical (unpaired) electrons. The normalized spacial score (nSPS) is 11.5. The van der Waals surface area contributed by atoms with Crippen LogP contribution in [0, 0.1) is 0 Å². The molecule has 0 fully saturated rings. The van der Waals surface area contributed by atoms with Gasteiger partial charge in [0.05, 0.1) is 0 Å². The van der Waals surface area contributed by atoms with Gasteiger partial charge in [0.15, 0.2) is 5.17 Å². The maximum absolute atomic E-state index is 5.87. The van der Waals surface area contributed by atoms with Crippen molar-refractivity contribution < 1.29 is 4.74 Å². The van der Waals surface area contributed by atoms with Gasteiger partial charge in [-0.05, 0) is 48.7 Å². The zero-order valence-electron chi connectivity index (χ0n) is 13.2. The molecule has 0 saturated carbocycles. The van der Waals surface area contributed by atoms with Crippen LogP contribution >= 0.6 is 23.4 Å². The van der Waals surface area contributed by atoms with Crippen LogP contribution in [0.1, 0.15) is 18.1 Å². The van der Waals surface area contributed by atoms with Crippen LogP contribution in [0.15, 0.2) is 53.5 Å². The molecular formula is C18H21ClN2OS. The minimum absolute atomic E-state index is 0.538. The number of hydrogen-bond acceptors (Lipinski definition) is 3. The highest BCUT2D eigenvalue weighted by Crippen LogP contribution is 2.17. The molecule has 0 bridgehead atoms. The molecule has 0 aliphatic rings. The van der Waals surface area contributed by atoms with Crippen molar-refractivity contribution >= 4 is 28.5 Å². The summed E-state index contributed by atoms with van der Waals surface area (Å²) in [6, 6.07) is 15.9. The van der Waals surface area contributed by atoms with Gasteiger partial charge in [0.2, 0.25) is 0 Å². The molecule has 0 aliphatic heterocycles. The minimum Gasteiger partial charge on any atom is -0.489 e. The quantitative estimate of drug-likeness (QED) is 0.590. The maximum atomic E-state index is 5.87. The molecule has 0 spiro atoms. The number of halogens is 1. The van der Waals surface area contributed by atoms with Gasteiger partial charge in [-0.1, -0.05) is 47.6 Å². The minimum atomic E-state index is 0.538. The van der Waals surface area contributed by atoms with Crippen LogP contribution in [0.2, 0.25) is 5.02 Å². The predicted molar refractivity (Wildman–Crippen MR) is 101 cm³/mol. The largest absolute Gasteiger partial charge is 0.489 e. The highest BCUT2D eigenvalue weighted by atomic mass is 35.5. The van der Waals surface area contributed by atoms with Gasteiger partial charge in [-0.2, -0.15) is 0 Å². The first-order valence-electron chi connectivity index (χ1n) is 7.56. The van der Waals surface area contributed by atoms with Gasteiger partial charge in [-0.3, -0.25) is 4.99 Å². The zero-order chi connectivity index (χ0) is 16.5. The molecule has 0 aliphatic carbocycles. The molecule has 0 heterocycles. The van der Waals surface area contributed by atoms with Crippen molar-refractivity contribution in [2.75, 3.05) is 12.3 Å². The Hall–Kier alpha value is -1.65. The van der Waals surface area contributed by atoms with E-state index in [0.717, 1.165) is 35.1 Å². The predicted octanol–water partition coefficient (Wildman–Crippen LogP) is 4.53. The van der Waals surface area contributed by atoms with Crippen molar-refractivity contribution in [3.05, 3.63) is 64.7 Å². The summed E-state index contributed by atoms with van der Waals surface area (Å²) >= 11 is 7.46. The molecule has 23 heavy (non-hydrogen) atoms. The van der Waals surface area contributed by atoms with Crippen LogP contribution in [-0.4, -0.2) is 17.5 Å². The number of hydrogen-bond donors (Lipinski definition) is 1. The molecule has 2 aromatic rings. The Labute approximate surface area is 146 Å². The molecule has 0 amide bonds. The van der Waals surface area contributed by atoms with E-state index in [-0.39, 0.29) is 0 Å². The van der Waals surface area contributed by atoms with Crippen LogP contribution < -0.4 is 10.5 Å². The van der Waals surface area contributed by atoms with Crippen molar-refractivity contribution in [3.8, 4) is 5.75 Å². The standard InChI is InChI=1S/C18H21ClN2OS/c1-2-21-18(20)23-12-11-14-5-9-17(10-6-14)22-13-15-3-7-16(19)8-4-15/h3-10H,2,11-13H2,1H3,(H2,20,21). The van der Waals surface area contributed by atoms with Crippen LogP contribution in [0.5, 0.6) is 5.75 Å². The van der Waals surface area contributed by atoms with Crippen molar-refractivity contribution in [1.82, 2.24) is 0 Å². The number of amidine groups is 1. The topological polar surface area (TPSA) is 47.6 Å². The maximum Gasteiger partial charge on any atom is 0.153 e. The molecule has 2 aromatic carbocycles. The van der Waals surface area contributed by atoms with E-state index in [1.165, 1.54) is 5.56 Å². The summed E-state index contributed by atoms with van der Waals surface area (Å²) in [5, 5.41) is 1.40. The molecule has 2 rings (SSSR count). The fraction of sp³-hybridized carbons (Fsp3) is 0.278. The Kier molecular flexibility index (Phi) is 7.30. The Balaban J connectivity index is 1.78. The van der Waals surface area contributed by atoms with Gasteiger partial charge in [0.1, 0.15) is 12.4 Å². The van der Waals surface area contributed by atoms with Gasteiger partial charge in [-0.15, -0.1) is 0 Å². The molecule has 0 atom stereocenters. The fourth-order valence-corrected chi connectivity index (χ4v) is 2.87. The summed E-state index contributed by atoms with van der Waals surface area (Å²) in [5.41, 5.74) is 8.12. The Morgan fingerprint density at radius 1 is 1.09 bits per heavy atom. The molecule has 0 aromatic heterocycles. The first kappa shape index (κ1) is 17.7. The van der Waals surface area contributed by atoms with E-state index in [0.29, 0.717) is 11.8 Å². The molecule has 122 valence electrons. The second-order valence-corrected chi connectivity index (χ2v) is 6.52. The lowest BCUT2D eigenvalue weighted by Crippen LogP contribution is -2.08. The van der Waals surface area contributed by atoms with Gasteiger partial charge < -0.3 is 10.5 Å². The third kappa shape index (κ3) is 6.55. The average molecular weight is 349 g/mol. The lowest BCUT2D eigenvalue weighted by Gasteiger charge is -2.07. The number of nitrogens with zero attached hydrogens (tertiary/aromatic N) is 1. The molecule has 2 N–H and O–H groups in total. The second kappa shape index (κ2) is 9.48. The molecule has 0 saturated heterocycles. The van der Waals surface area contributed by atoms with E-state index in [9.17, 15) is 0 Å². The fourth-order valence-electron chi connectivity index (χ4n) is 1.97. The van der Waals surface area contributed by atoms with E-state index in [1.54, 1.807) is 11.8 Å². The summed E-state index contributed by atoms with van der Waals surface area (Å²) in [4.78, 5) is 4.16. The highest BCUT2D eigenvalue weighted by molar-refractivity contribution is 8.13. The van der Waals surface area contributed by atoms with E-state index in [4.69, 9.17) is 22.1 Å². The molecule has 3 nitrogen and oxygen atoms in total. The van der Waals surface area contributed by atoms with Gasteiger partial charge in [0.25, 0.3) is 0 Å². The summed E-state index contributed by atoms with van der Waals surface area (Å²) in [6.07, 6.45) is 0.960. The Morgan fingerprint density at radius 2 is 1.74 bits per heavy atom. The average Bonchev–Trinajstić information content (AvgIpc) is 2.56. The zero-order valence-corrected chi connectivity index (χ0v) is 14.7. The van der Waals surface area contributed by atoms with Gasteiger partial charge >= 0.3 is 0 Å². The number of ether oxygens (including phenoxy) is 1. The van der Waals surface area contributed by atoms with E-state index >= 15 is 0 Å². The van der Waals surface area contributed by atoms with Crippen LogP contribution in [0.25, 0.3) is 0 Å². The highest BCUT2D eigenvalue weighted by Gasteiger charge is 1.99. The van der Waals surface area contributed by atoms with Gasteiger partial charge in [0, 0.05) is 17.3 Å². The monoisotopic (exact) mass is 348 g/mol. The first-order chi connectivity index (χ1) is 11.2. The summed E-state index contributed by atoms with van der Waals surface area (Å²) < 4.78 is 5.77. The number of nitrogens with two attached hydrogens (primary N) is 1. The van der Waals surface area contributed by atoms with Gasteiger partial charge in [-0.25, -0.2) is 0 Å². The third-order valence-electron chi connectivity index (χ3n) is 3.20. The second-order valence-electron chi connectivity index (χ2n) is 4.97. The van der Waals surface area contributed by atoms with Crippen molar-refractivity contribution in [2.45, 2.75) is 20.0 Å². The van der Waals surface area contributed by atoms with Crippen molar-refractivity contribution in [2.24, 2.45) is 10.7 Å². The molecule has 0 unspecified atom stereocenters. The summed E-state index contributed by atoms with van der Waals surface area (Å²) in [6.45, 7) is 3.26. The Morgan fingerprint density at radius 3 is 2.39 bits per heavy atom. The Bertz CT molecular complexity index is 626. The number of thioether (sulfide) groups is 1. The van der Waals surface area contributed by atoms with Crippen LogP contribution in [-0.2, 0) is 13.0 Å². The van der Waals surface area contributed by atoms with E-state index in [2.05, 4.69) is 17.1 Å². The lowest BCUT2D eigenvalue weighted by atomic mass is 10.2. The van der Waals surface area contributed by atoms with Crippen LogP contribution in [0.4, 0.5) is 0 Å². The third-order valence-corrected chi connectivity index (χ3v) is 4.28. The molecular weight excluding hydrogens is 328 g/mol. The lowest BCUT2D eigenvalue weighted by molar-refractivity contribution is 0.306. The number of benzene rings is 2. The number of aliphatic imine (C=N–C) groups is 1. The smallest absolute Gasteiger partial charge is 0.153 e. The number of rotatable bonds is 7. The summed E-state index contributed by atoms with van der Waals surface area (Å²) in [7, 11) is 0. The summed E-state index contributed by atoms with van der Waals surface area (Å²) in [5.74, 6) is 1.80. The van der Waals surface area contributed by atoms with E-state index < -0.39 is 0 Å². The van der Waals surface area contributed by atoms with Crippen molar-refractivity contribution in [1.29, 1.82) is 0 Å². The number of aryl methyl sites for hydroxylation is 1. The van der Waals surface area contributed by atoms with Crippen LogP contribution in [0.3, 0.4) is 0 Å². The first-order valence-corrected chi connectivity index (χ1v) is 8.92. The SMILES string of the molecule is CCN=C(N)SCCc1ccc(OCc2ccc(Cl)cc2)cc1. The molecule has 5 heteroatoms.